The second-order valence-corrected chi connectivity index (χ2v) is 3.05. The highest BCUT2D eigenvalue weighted by atomic mass is 16.2. The fourth-order valence-corrected chi connectivity index (χ4v) is 0.846. The average molecular weight is 170 g/mol. The highest BCUT2D eigenvalue weighted by molar-refractivity contribution is 5.01. The van der Waals surface area contributed by atoms with Gasteiger partial charge in [0.25, 0.3) is 0 Å². The maximum atomic E-state index is 8.55. The summed E-state index contributed by atoms with van der Waals surface area (Å²) in [6.45, 7) is 6.42. The van der Waals surface area contributed by atoms with Gasteiger partial charge in [-0.05, 0) is 33.6 Å². The standard InChI is InChI=1S/C10H18O.CH4/c1-9(2)5-4-6-10(3)7-8-11;/h5,7,11H,4,6,8H2,1-3H3;1H4/b10-7+;. The quantitative estimate of drug-likeness (QED) is 0.642. The number of rotatable bonds is 4. The first-order valence-corrected chi connectivity index (χ1v) is 4.06. The van der Waals surface area contributed by atoms with Crippen LogP contribution in [0, 0.1) is 0 Å². The van der Waals surface area contributed by atoms with Crippen molar-refractivity contribution < 1.29 is 5.11 Å². The zero-order valence-electron chi connectivity index (χ0n) is 7.72. The van der Waals surface area contributed by atoms with Gasteiger partial charge in [-0.3, -0.25) is 0 Å². The van der Waals surface area contributed by atoms with E-state index in [9.17, 15) is 0 Å². The van der Waals surface area contributed by atoms with Gasteiger partial charge in [0.2, 0.25) is 0 Å². The molecule has 0 amide bonds. The maximum absolute atomic E-state index is 8.55. The monoisotopic (exact) mass is 170 g/mol. The Hall–Kier alpha value is -0.560. The highest BCUT2D eigenvalue weighted by Gasteiger charge is 1.86. The molecule has 0 heterocycles. The number of allylic oxidation sites excluding steroid dienone is 3. The third kappa shape index (κ3) is 9.44. The second-order valence-electron chi connectivity index (χ2n) is 3.05. The van der Waals surface area contributed by atoms with Gasteiger partial charge in [-0.15, -0.1) is 0 Å². The number of aliphatic hydroxyl groups excluding tert-OH is 1. The van der Waals surface area contributed by atoms with E-state index in [4.69, 9.17) is 5.11 Å². The van der Waals surface area contributed by atoms with E-state index in [1.54, 1.807) is 0 Å². The van der Waals surface area contributed by atoms with Crippen molar-refractivity contribution in [3.63, 3.8) is 0 Å². The Kier molecular flexibility index (Phi) is 9.95. The Morgan fingerprint density at radius 2 is 1.75 bits per heavy atom. The smallest absolute Gasteiger partial charge is 0.0614 e. The first-order chi connectivity index (χ1) is 5.16. The molecule has 1 heteroatoms. The first-order valence-electron chi connectivity index (χ1n) is 4.06. The van der Waals surface area contributed by atoms with Crippen molar-refractivity contribution in [3.05, 3.63) is 23.3 Å². The van der Waals surface area contributed by atoms with Crippen LogP contribution in [0.4, 0.5) is 0 Å². The Morgan fingerprint density at radius 3 is 2.17 bits per heavy atom. The maximum Gasteiger partial charge on any atom is 0.0614 e. The average Bonchev–Trinajstić information content (AvgIpc) is 1.87. The predicted molar refractivity (Wildman–Crippen MR) is 56.2 cm³/mol. The van der Waals surface area contributed by atoms with Crippen molar-refractivity contribution in [2.45, 2.75) is 41.0 Å². The molecule has 0 atom stereocenters. The van der Waals surface area contributed by atoms with Crippen molar-refractivity contribution >= 4 is 0 Å². The minimum absolute atomic E-state index is 0. The molecule has 0 spiro atoms. The van der Waals surface area contributed by atoms with E-state index in [0.29, 0.717) is 0 Å². The second kappa shape index (κ2) is 8.54. The molecule has 0 aromatic carbocycles. The van der Waals surface area contributed by atoms with Crippen LogP contribution in [0.3, 0.4) is 0 Å². The van der Waals surface area contributed by atoms with E-state index in [0.717, 1.165) is 12.8 Å². The largest absolute Gasteiger partial charge is 0.392 e. The molecule has 1 N–H and O–H groups in total. The minimum Gasteiger partial charge on any atom is -0.392 e. The molecule has 0 bridgehead atoms. The van der Waals surface area contributed by atoms with Gasteiger partial charge in [-0.1, -0.05) is 30.7 Å². The molecule has 0 saturated carbocycles. The van der Waals surface area contributed by atoms with Crippen LogP contribution in [0.1, 0.15) is 41.0 Å². The lowest BCUT2D eigenvalue weighted by Gasteiger charge is -1.96. The SMILES string of the molecule is C.CC(C)=CCC/C(C)=C/CO. The van der Waals surface area contributed by atoms with Crippen molar-refractivity contribution in [1.82, 2.24) is 0 Å². The lowest BCUT2D eigenvalue weighted by Crippen LogP contribution is -1.80. The highest BCUT2D eigenvalue weighted by Crippen LogP contribution is 2.05. The Morgan fingerprint density at radius 1 is 1.17 bits per heavy atom. The molecule has 0 unspecified atom stereocenters. The van der Waals surface area contributed by atoms with Crippen molar-refractivity contribution in [1.29, 1.82) is 0 Å². The van der Waals surface area contributed by atoms with Gasteiger partial charge in [0.15, 0.2) is 0 Å². The molecule has 0 radical (unpaired) electrons. The third-order valence-corrected chi connectivity index (χ3v) is 1.53. The van der Waals surface area contributed by atoms with Crippen LogP contribution in [-0.2, 0) is 0 Å². The summed E-state index contributed by atoms with van der Waals surface area (Å²) in [6, 6.07) is 0. The summed E-state index contributed by atoms with van der Waals surface area (Å²) in [5.74, 6) is 0. The Labute approximate surface area is 76.8 Å². The van der Waals surface area contributed by atoms with Gasteiger partial charge >= 0.3 is 0 Å². The Bertz CT molecular complexity index is 150. The molecule has 0 aromatic heterocycles. The van der Waals surface area contributed by atoms with Crippen LogP contribution in [0.15, 0.2) is 23.3 Å². The molecule has 0 aliphatic heterocycles. The van der Waals surface area contributed by atoms with Crippen molar-refractivity contribution in [2.75, 3.05) is 6.61 Å². The lowest BCUT2D eigenvalue weighted by atomic mass is 10.1. The zero-order chi connectivity index (χ0) is 8.69. The van der Waals surface area contributed by atoms with Crippen LogP contribution in [0.25, 0.3) is 0 Å². The predicted octanol–water partition coefficient (Wildman–Crippen LogP) is 3.31. The Balaban J connectivity index is 0. The molecule has 0 saturated heterocycles. The summed E-state index contributed by atoms with van der Waals surface area (Å²) in [4.78, 5) is 0. The first kappa shape index (κ1) is 14.0. The summed E-state index contributed by atoms with van der Waals surface area (Å²) >= 11 is 0. The van der Waals surface area contributed by atoms with Gasteiger partial charge in [-0.2, -0.15) is 0 Å². The van der Waals surface area contributed by atoms with E-state index in [2.05, 4.69) is 26.8 Å². The van der Waals surface area contributed by atoms with Gasteiger partial charge in [-0.25, -0.2) is 0 Å². The van der Waals surface area contributed by atoms with Gasteiger partial charge < -0.3 is 5.11 Å². The third-order valence-electron chi connectivity index (χ3n) is 1.53. The summed E-state index contributed by atoms with van der Waals surface area (Å²) < 4.78 is 0. The van der Waals surface area contributed by atoms with Gasteiger partial charge in [0, 0.05) is 0 Å². The van der Waals surface area contributed by atoms with E-state index < -0.39 is 0 Å². The van der Waals surface area contributed by atoms with Crippen LogP contribution in [0.5, 0.6) is 0 Å². The molecule has 72 valence electrons. The van der Waals surface area contributed by atoms with Gasteiger partial charge in [0.05, 0.1) is 6.61 Å². The summed E-state index contributed by atoms with van der Waals surface area (Å²) in [5, 5.41) is 8.55. The van der Waals surface area contributed by atoms with Crippen molar-refractivity contribution in [2.24, 2.45) is 0 Å². The van der Waals surface area contributed by atoms with E-state index in [1.165, 1.54) is 11.1 Å². The van der Waals surface area contributed by atoms with Crippen LogP contribution in [-0.4, -0.2) is 11.7 Å². The van der Waals surface area contributed by atoms with Crippen LogP contribution < -0.4 is 0 Å². The van der Waals surface area contributed by atoms with E-state index >= 15 is 0 Å². The number of hydrogen-bond acceptors (Lipinski definition) is 1. The molecule has 0 aliphatic carbocycles. The lowest BCUT2D eigenvalue weighted by molar-refractivity contribution is 0.341. The molecule has 0 aliphatic rings. The number of hydrogen-bond donors (Lipinski definition) is 1. The minimum atomic E-state index is 0. The molecule has 0 rings (SSSR count). The number of aliphatic hydroxyl groups is 1. The fraction of sp³-hybridized carbons (Fsp3) is 0.636. The molecule has 1 nitrogen and oxygen atoms in total. The van der Waals surface area contributed by atoms with E-state index in [-0.39, 0.29) is 14.0 Å². The normalized spacial score (nSPS) is 10.5. The molecule has 0 aromatic rings. The molecule has 0 fully saturated rings. The molecule has 12 heavy (non-hydrogen) atoms. The fourth-order valence-electron chi connectivity index (χ4n) is 0.846. The van der Waals surface area contributed by atoms with Crippen LogP contribution in [0.2, 0.25) is 0 Å². The molecular weight excluding hydrogens is 148 g/mol. The topological polar surface area (TPSA) is 20.2 Å². The molecular formula is C11H22O. The summed E-state index contributed by atoms with van der Waals surface area (Å²) in [7, 11) is 0. The van der Waals surface area contributed by atoms with E-state index in [1.807, 2.05) is 6.08 Å². The zero-order valence-corrected chi connectivity index (χ0v) is 7.72. The van der Waals surface area contributed by atoms with Crippen molar-refractivity contribution in [3.8, 4) is 0 Å². The van der Waals surface area contributed by atoms with Gasteiger partial charge in [0.1, 0.15) is 0 Å². The summed E-state index contributed by atoms with van der Waals surface area (Å²) in [5.41, 5.74) is 2.63. The van der Waals surface area contributed by atoms with Crippen LogP contribution >= 0.6 is 0 Å². The summed E-state index contributed by atoms with van der Waals surface area (Å²) in [6.07, 6.45) is 6.23.